The highest BCUT2D eigenvalue weighted by molar-refractivity contribution is 6.08. The van der Waals surface area contributed by atoms with Gasteiger partial charge in [-0.25, -0.2) is 9.59 Å². The molecule has 170 valence electrons. The van der Waals surface area contributed by atoms with Gasteiger partial charge in [0.2, 0.25) is 0 Å². The highest BCUT2D eigenvalue weighted by atomic mass is 16.5. The lowest BCUT2D eigenvalue weighted by Gasteiger charge is -2.21. The van der Waals surface area contributed by atoms with Crippen molar-refractivity contribution in [3.63, 3.8) is 0 Å². The smallest absolute Gasteiger partial charge is 0.339 e. The quantitative estimate of drug-likeness (QED) is 0.541. The first-order chi connectivity index (χ1) is 15.7. The largest absolute Gasteiger partial charge is 0.465 e. The van der Waals surface area contributed by atoms with Gasteiger partial charge in [-0.2, -0.15) is 0 Å². The van der Waals surface area contributed by atoms with Crippen LogP contribution < -0.4 is 0 Å². The molecule has 0 radical (unpaired) electrons. The van der Waals surface area contributed by atoms with E-state index in [1.54, 1.807) is 6.26 Å². The topological polar surface area (TPSA) is 61.8 Å². The van der Waals surface area contributed by atoms with Crippen molar-refractivity contribution in [3.8, 4) is 0 Å². The summed E-state index contributed by atoms with van der Waals surface area (Å²) in [6.07, 6.45) is 14.6. The van der Waals surface area contributed by atoms with E-state index >= 15 is 0 Å². The minimum Gasteiger partial charge on any atom is -0.465 e. The fourth-order valence-electron chi connectivity index (χ4n) is 4.09. The molecule has 0 bridgehead atoms. The number of methoxy groups -OCH3 is 2. The van der Waals surface area contributed by atoms with Gasteiger partial charge in [-0.1, -0.05) is 68.5 Å². The number of carbonyl (C=O) groups excluding carboxylic acids is 2. The Morgan fingerprint density at radius 3 is 2.19 bits per heavy atom. The van der Waals surface area contributed by atoms with Gasteiger partial charge in [0.15, 0.2) is 0 Å². The molecule has 1 aromatic carbocycles. The molecule has 0 spiro atoms. The molecule has 0 atom stereocenters. The Morgan fingerprint density at radius 1 is 0.844 bits per heavy atom. The Kier molecular flexibility index (Phi) is 8.90. The van der Waals surface area contributed by atoms with E-state index in [1.807, 2.05) is 42.5 Å². The monoisotopic (exact) mass is 436 g/mol. The third-order valence-corrected chi connectivity index (χ3v) is 5.84. The van der Waals surface area contributed by atoms with Gasteiger partial charge in [0.25, 0.3) is 0 Å². The molecule has 0 saturated carbocycles. The van der Waals surface area contributed by atoms with Crippen LogP contribution in [0.15, 0.2) is 71.0 Å². The minimum absolute atomic E-state index is 0.236. The zero-order chi connectivity index (χ0) is 22.8. The zero-order valence-electron chi connectivity index (χ0n) is 19.0. The van der Waals surface area contributed by atoms with Crippen LogP contribution in [0.5, 0.6) is 0 Å². The Labute approximate surface area is 190 Å². The standard InChI is InChI=1S/C27H32O5/c1-30-26(28)22-17-13-8-6-4-3-5-7-10-16-21-19-32-24(20-14-11-9-12-15-20)18-23(21)25(22)27(29)31-2/h9,11-12,14-15,17-19H,3-8,10,13,16H2,1-2H3/b22-17+,25-23+. The van der Waals surface area contributed by atoms with Gasteiger partial charge in [0.05, 0.1) is 31.6 Å². The number of rotatable bonds is 3. The van der Waals surface area contributed by atoms with E-state index < -0.39 is 11.9 Å². The molecule has 1 heterocycles. The number of ether oxygens (including phenoxy) is 3. The van der Waals surface area contributed by atoms with Crippen molar-refractivity contribution < 1.29 is 23.8 Å². The van der Waals surface area contributed by atoms with E-state index in [9.17, 15) is 9.59 Å². The van der Waals surface area contributed by atoms with Crippen molar-refractivity contribution >= 4 is 17.7 Å². The second kappa shape index (κ2) is 12.1. The van der Waals surface area contributed by atoms with Crippen LogP contribution in [0.1, 0.15) is 63.4 Å². The molecule has 0 unspecified atom stereocenters. The third kappa shape index (κ3) is 6.00. The van der Waals surface area contributed by atoms with Crippen LogP contribution in [0.3, 0.4) is 0 Å². The number of hydrogen-bond acceptors (Lipinski definition) is 5. The van der Waals surface area contributed by atoms with Crippen LogP contribution in [0.4, 0.5) is 0 Å². The van der Waals surface area contributed by atoms with Crippen molar-refractivity contribution in [2.75, 3.05) is 14.2 Å². The van der Waals surface area contributed by atoms with Crippen molar-refractivity contribution in [1.29, 1.82) is 0 Å². The minimum atomic E-state index is -0.555. The highest BCUT2D eigenvalue weighted by Crippen LogP contribution is 2.35. The van der Waals surface area contributed by atoms with Crippen LogP contribution in [-0.4, -0.2) is 26.2 Å². The van der Waals surface area contributed by atoms with Crippen molar-refractivity contribution in [2.24, 2.45) is 0 Å². The normalized spacial score (nSPS) is 22.0. The van der Waals surface area contributed by atoms with Crippen LogP contribution >= 0.6 is 0 Å². The molecule has 0 amide bonds. The summed E-state index contributed by atoms with van der Waals surface area (Å²) in [5, 5.41) is 0. The summed E-state index contributed by atoms with van der Waals surface area (Å²) in [5.41, 5.74) is 2.93. The molecule has 0 N–H and O–H groups in total. The summed E-state index contributed by atoms with van der Waals surface area (Å²) in [5.74, 6) is -0.471. The molecular formula is C27H32O5. The first-order valence-corrected chi connectivity index (χ1v) is 11.4. The number of benzene rings is 1. The van der Waals surface area contributed by atoms with Gasteiger partial charge in [-0.05, 0) is 42.9 Å². The van der Waals surface area contributed by atoms with E-state index in [1.165, 1.54) is 33.5 Å². The van der Waals surface area contributed by atoms with Crippen LogP contribution in [0.25, 0.3) is 5.76 Å². The van der Waals surface area contributed by atoms with E-state index in [0.717, 1.165) is 43.2 Å². The number of hydrogen-bond donors (Lipinski definition) is 0. The van der Waals surface area contributed by atoms with Crippen LogP contribution in [0.2, 0.25) is 0 Å². The van der Waals surface area contributed by atoms with Gasteiger partial charge in [-0.15, -0.1) is 0 Å². The molecule has 2 aliphatic rings. The second-order valence-corrected chi connectivity index (χ2v) is 8.04. The zero-order valence-corrected chi connectivity index (χ0v) is 19.0. The van der Waals surface area contributed by atoms with Gasteiger partial charge in [0, 0.05) is 5.56 Å². The fourth-order valence-corrected chi connectivity index (χ4v) is 4.09. The average Bonchev–Trinajstić information content (AvgIpc) is 2.84. The molecule has 0 aromatic heterocycles. The number of carbonyl (C=O) groups is 2. The van der Waals surface area contributed by atoms with Gasteiger partial charge >= 0.3 is 11.9 Å². The van der Waals surface area contributed by atoms with E-state index in [4.69, 9.17) is 14.2 Å². The Balaban J connectivity index is 2.17. The molecule has 5 heteroatoms. The maximum Gasteiger partial charge on any atom is 0.339 e. The molecule has 1 aliphatic carbocycles. The lowest BCUT2D eigenvalue weighted by atomic mass is 9.89. The second-order valence-electron chi connectivity index (χ2n) is 8.04. The van der Waals surface area contributed by atoms with Gasteiger partial charge in [-0.3, -0.25) is 0 Å². The van der Waals surface area contributed by atoms with Crippen molar-refractivity contribution in [3.05, 3.63) is 76.6 Å². The highest BCUT2D eigenvalue weighted by Gasteiger charge is 2.29. The molecular weight excluding hydrogens is 404 g/mol. The van der Waals surface area contributed by atoms with E-state index in [-0.39, 0.29) is 11.1 Å². The molecule has 1 aliphatic heterocycles. The van der Waals surface area contributed by atoms with Gasteiger partial charge in [0.1, 0.15) is 5.76 Å². The first kappa shape index (κ1) is 23.6. The predicted molar refractivity (Wildman–Crippen MR) is 124 cm³/mol. The average molecular weight is 437 g/mol. The number of esters is 2. The number of fused-ring (bicyclic) bond motifs is 1. The summed E-state index contributed by atoms with van der Waals surface area (Å²) < 4.78 is 16.1. The molecule has 0 fully saturated rings. The fraction of sp³-hybridized carbons (Fsp3) is 0.407. The van der Waals surface area contributed by atoms with Crippen molar-refractivity contribution in [2.45, 2.75) is 57.8 Å². The van der Waals surface area contributed by atoms with Gasteiger partial charge < -0.3 is 14.2 Å². The molecule has 1 aromatic rings. The Bertz CT molecular complexity index is 934. The maximum atomic E-state index is 13.0. The lowest BCUT2D eigenvalue weighted by molar-refractivity contribution is -0.139. The lowest BCUT2D eigenvalue weighted by Crippen LogP contribution is -2.18. The summed E-state index contributed by atoms with van der Waals surface area (Å²) in [6, 6.07) is 9.70. The Hall–Kier alpha value is -3.08. The third-order valence-electron chi connectivity index (χ3n) is 5.84. The van der Waals surface area contributed by atoms with E-state index in [0.29, 0.717) is 17.8 Å². The summed E-state index contributed by atoms with van der Waals surface area (Å²) >= 11 is 0. The maximum absolute atomic E-state index is 13.0. The predicted octanol–water partition coefficient (Wildman–Crippen LogP) is 6.04. The van der Waals surface area contributed by atoms with Crippen LogP contribution in [0, 0.1) is 0 Å². The summed E-state index contributed by atoms with van der Waals surface area (Å²) in [6.45, 7) is 0. The molecule has 32 heavy (non-hydrogen) atoms. The molecule has 5 nitrogen and oxygen atoms in total. The first-order valence-electron chi connectivity index (χ1n) is 11.4. The molecule has 3 rings (SSSR count). The summed E-state index contributed by atoms with van der Waals surface area (Å²) in [4.78, 5) is 25.8. The van der Waals surface area contributed by atoms with Crippen molar-refractivity contribution in [1.82, 2.24) is 0 Å². The Morgan fingerprint density at radius 2 is 1.50 bits per heavy atom. The summed E-state index contributed by atoms with van der Waals surface area (Å²) in [7, 11) is 2.67. The molecule has 0 saturated heterocycles. The SMILES string of the molecule is COC(=O)C1=C/CCCCCCCCCC2=COC(c3ccccc3)=C\C2=C\1C(=O)OC. The van der Waals surface area contributed by atoms with E-state index in [2.05, 4.69) is 0 Å². The number of allylic oxidation sites excluding steroid dienone is 4. The van der Waals surface area contributed by atoms with Crippen LogP contribution in [-0.2, 0) is 23.8 Å².